The van der Waals surface area contributed by atoms with E-state index in [9.17, 15) is 0 Å². The number of hydrogen-bond acceptors (Lipinski definition) is 0. The Hall–Kier alpha value is -0.157. The molecule has 23 heavy (non-hydrogen) atoms. The third-order valence-corrected chi connectivity index (χ3v) is 3.29. The molecule has 0 aromatic carbocycles. The Kier molecular flexibility index (Phi) is 18.2. The maximum absolute atomic E-state index is 3.29. The van der Waals surface area contributed by atoms with Crippen molar-refractivity contribution in [1.82, 2.24) is 0 Å². The van der Waals surface area contributed by atoms with Crippen molar-refractivity contribution < 1.29 is 26.2 Å². The molecule has 0 heterocycles. The summed E-state index contributed by atoms with van der Waals surface area (Å²) < 4.78 is 0. The molecule has 0 nitrogen and oxygen atoms in total. The molecule has 0 spiro atoms. The smallest absolute Gasteiger partial charge is 0.269 e. The second-order valence-electron chi connectivity index (χ2n) is 6.81. The standard InChI is InChI=1S/2C9H13.C4H10.Zr/c2*1-8(2)7-9-5-3-4-6-9;1-3-4-2;/h2*3,5,8H,4,7H2,1-2H3;3-4H2,1-2H3;/q2*-1;;+2. The van der Waals surface area contributed by atoms with Crippen LogP contribution in [0.3, 0.4) is 0 Å². The summed E-state index contributed by atoms with van der Waals surface area (Å²) in [4.78, 5) is 0. The van der Waals surface area contributed by atoms with Crippen LogP contribution in [0.5, 0.6) is 0 Å². The Balaban J connectivity index is 0. The molecule has 0 atom stereocenters. The third-order valence-electron chi connectivity index (χ3n) is 3.29. The van der Waals surface area contributed by atoms with E-state index >= 15 is 0 Å². The molecule has 0 N–H and O–H groups in total. The SMILES string of the molecule is CC(C)CC1=[C-]CC=C1.CC(C)CC1=[C-]CC=C1.CCCC.[Zr+2]. The molecule has 2 aliphatic carbocycles. The summed E-state index contributed by atoms with van der Waals surface area (Å²) in [6.07, 6.45) is 22.4. The van der Waals surface area contributed by atoms with Gasteiger partial charge in [-0.3, -0.25) is 12.2 Å². The maximum atomic E-state index is 3.29. The van der Waals surface area contributed by atoms with Gasteiger partial charge in [-0.2, -0.15) is 12.2 Å². The van der Waals surface area contributed by atoms with Crippen molar-refractivity contribution in [2.45, 2.75) is 80.1 Å². The minimum atomic E-state index is 0. The summed E-state index contributed by atoms with van der Waals surface area (Å²) in [5, 5.41) is 0. The molecule has 2 rings (SSSR count). The van der Waals surface area contributed by atoms with Crippen molar-refractivity contribution in [3.63, 3.8) is 0 Å². The van der Waals surface area contributed by atoms with E-state index in [1.54, 1.807) is 0 Å². The van der Waals surface area contributed by atoms with Gasteiger partial charge in [-0.25, -0.2) is 23.3 Å². The van der Waals surface area contributed by atoms with E-state index in [2.05, 4.69) is 78.0 Å². The van der Waals surface area contributed by atoms with Gasteiger partial charge >= 0.3 is 26.2 Å². The van der Waals surface area contributed by atoms with Crippen LogP contribution in [0.25, 0.3) is 0 Å². The molecular formula is C22H36Zr. The van der Waals surface area contributed by atoms with Crippen molar-refractivity contribution >= 4 is 0 Å². The van der Waals surface area contributed by atoms with Gasteiger partial charge in [0.2, 0.25) is 0 Å². The van der Waals surface area contributed by atoms with Crippen molar-refractivity contribution in [2.24, 2.45) is 11.8 Å². The number of unbranched alkanes of at least 4 members (excludes halogenated alkanes) is 1. The number of allylic oxidation sites excluding steroid dienone is 8. The first-order chi connectivity index (χ1) is 10.5. The maximum Gasteiger partial charge on any atom is 2.00 e. The van der Waals surface area contributed by atoms with Gasteiger partial charge in [0.05, 0.1) is 0 Å². The molecule has 0 aromatic rings. The van der Waals surface area contributed by atoms with E-state index in [-0.39, 0.29) is 26.2 Å². The Labute approximate surface area is 165 Å². The fourth-order valence-electron chi connectivity index (χ4n) is 2.06. The molecule has 0 fully saturated rings. The van der Waals surface area contributed by atoms with Gasteiger partial charge in [-0.15, -0.1) is 12.8 Å². The largest absolute Gasteiger partial charge is 2.00 e. The molecule has 0 unspecified atom stereocenters. The van der Waals surface area contributed by atoms with E-state index in [4.69, 9.17) is 0 Å². The second-order valence-corrected chi connectivity index (χ2v) is 6.81. The molecule has 0 aromatic heterocycles. The zero-order chi connectivity index (χ0) is 16.8. The fraction of sp³-hybridized carbons (Fsp3) is 0.636. The van der Waals surface area contributed by atoms with Crippen LogP contribution in [0.1, 0.15) is 80.1 Å². The van der Waals surface area contributed by atoms with Crippen LogP contribution >= 0.6 is 0 Å². The summed E-state index contributed by atoms with van der Waals surface area (Å²) in [6, 6.07) is 0. The van der Waals surface area contributed by atoms with Crippen LogP contribution in [-0.4, -0.2) is 0 Å². The van der Waals surface area contributed by atoms with Crippen LogP contribution in [0.15, 0.2) is 35.5 Å². The van der Waals surface area contributed by atoms with Crippen LogP contribution < -0.4 is 0 Å². The van der Waals surface area contributed by atoms with Crippen LogP contribution in [0.4, 0.5) is 0 Å². The van der Waals surface area contributed by atoms with Crippen LogP contribution in [0.2, 0.25) is 0 Å². The van der Waals surface area contributed by atoms with E-state index in [1.165, 1.54) is 36.8 Å². The normalized spacial score (nSPS) is 14.6. The average molecular weight is 392 g/mol. The quantitative estimate of drug-likeness (QED) is 0.433. The van der Waals surface area contributed by atoms with E-state index in [0.717, 1.165) is 24.7 Å². The fourth-order valence-corrected chi connectivity index (χ4v) is 2.06. The summed E-state index contributed by atoms with van der Waals surface area (Å²) in [5.41, 5.74) is 2.79. The first-order valence-electron chi connectivity index (χ1n) is 9.01. The molecule has 0 saturated carbocycles. The Morgan fingerprint density at radius 1 is 0.783 bits per heavy atom. The Bertz CT molecular complexity index is 343. The van der Waals surface area contributed by atoms with Gasteiger partial charge in [0.1, 0.15) is 0 Å². The minimum absolute atomic E-state index is 0. The molecule has 0 bridgehead atoms. The minimum Gasteiger partial charge on any atom is -0.269 e. The predicted octanol–water partition coefficient (Wildman–Crippen LogP) is 7.25. The molecular weight excluding hydrogens is 355 g/mol. The molecule has 0 amide bonds. The van der Waals surface area contributed by atoms with Gasteiger partial charge in [0.15, 0.2) is 0 Å². The van der Waals surface area contributed by atoms with E-state index in [0.29, 0.717) is 0 Å². The van der Waals surface area contributed by atoms with Crippen molar-refractivity contribution in [1.29, 1.82) is 0 Å². The zero-order valence-corrected chi connectivity index (χ0v) is 18.7. The zero-order valence-electron chi connectivity index (χ0n) is 16.2. The van der Waals surface area contributed by atoms with Gasteiger partial charge in [0.25, 0.3) is 0 Å². The van der Waals surface area contributed by atoms with Crippen molar-refractivity contribution in [2.75, 3.05) is 0 Å². The predicted molar refractivity (Wildman–Crippen MR) is 101 cm³/mol. The topological polar surface area (TPSA) is 0 Å². The number of hydrogen-bond donors (Lipinski definition) is 0. The second kappa shape index (κ2) is 16.7. The molecule has 2 aliphatic rings. The summed E-state index contributed by atoms with van der Waals surface area (Å²) in [7, 11) is 0. The molecule has 1 heteroatoms. The van der Waals surface area contributed by atoms with Gasteiger partial charge < -0.3 is 0 Å². The first kappa shape index (κ1) is 25.1. The van der Waals surface area contributed by atoms with Crippen LogP contribution in [0, 0.1) is 24.0 Å². The summed E-state index contributed by atoms with van der Waals surface area (Å²) in [5.74, 6) is 1.55. The van der Waals surface area contributed by atoms with Gasteiger partial charge in [0, 0.05) is 0 Å². The number of rotatable bonds is 5. The monoisotopic (exact) mass is 390 g/mol. The van der Waals surface area contributed by atoms with Gasteiger partial charge in [-0.1, -0.05) is 67.2 Å². The summed E-state index contributed by atoms with van der Waals surface area (Å²) >= 11 is 0. The van der Waals surface area contributed by atoms with E-state index in [1.807, 2.05) is 0 Å². The van der Waals surface area contributed by atoms with Crippen LogP contribution in [-0.2, 0) is 26.2 Å². The molecule has 0 saturated heterocycles. The molecule has 0 aliphatic heterocycles. The van der Waals surface area contributed by atoms with Crippen molar-refractivity contribution in [3.8, 4) is 0 Å². The van der Waals surface area contributed by atoms with Gasteiger partial charge in [-0.05, 0) is 11.8 Å². The summed E-state index contributed by atoms with van der Waals surface area (Å²) in [6.45, 7) is 13.3. The van der Waals surface area contributed by atoms with Crippen molar-refractivity contribution in [3.05, 3.63) is 47.6 Å². The average Bonchev–Trinajstić information content (AvgIpc) is 3.12. The molecule has 128 valence electrons. The first-order valence-corrected chi connectivity index (χ1v) is 9.01. The molecule has 0 radical (unpaired) electrons. The third kappa shape index (κ3) is 16.5. The Morgan fingerprint density at radius 2 is 1.13 bits per heavy atom. The van der Waals surface area contributed by atoms with E-state index < -0.39 is 0 Å². The Morgan fingerprint density at radius 3 is 1.30 bits per heavy atom.